The van der Waals surface area contributed by atoms with Gasteiger partial charge in [-0.1, -0.05) is 23.4 Å². The number of hydrogen-bond donors (Lipinski definition) is 1. The number of rotatable bonds is 5. The van der Waals surface area contributed by atoms with Crippen molar-refractivity contribution in [1.29, 1.82) is 0 Å². The summed E-state index contributed by atoms with van der Waals surface area (Å²) in [5.74, 6) is 0.655. The van der Waals surface area contributed by atoms with Gasteiger partial charge in [0.2, 0.25) is 0 Å². The van der Waals surface area contributed by atoms with E-state index >= 15 is 0 Å². The van der Waals surface area contributed by atoms with E-state index in [4.69, 9.17) is 4.74 Å². The highest BCUT2D eigenvalue weighted by molar-refractivity contribution is 5.72. The molecule has 3 rings (SSSR count). The van der Waals surface area contributed by atoms with E-state index in [0.29, 0.717) is 16.8 Å². The maximum absolute atomic E-state index is 12.2. The molecule has 1 atom stereocenters. The first kappa shape index (κ1) is 14.2. The molecule has 0 aliphatic heterocycles. The first-order chi connectivity index (χ1) is 10.6. The van der Waals surface area contributed by atoms with E-state index in [1.807, 2.05) is 18.2 Å². The van der Waals surface area contributed by atoms with Gasteiger partial charge in [0.15, 0.2) is 5.65 Å². The first-order valence-corrected chi connectivity index (χ1v) is 6.76. The molecule has 0 bridgehead atoms. The largest absolute Gasteiger partial charge is 0.491 e. The number of aliphatic hydroxyl groups excluding tert-OH is 1. The summed E-state index contributed by atoms with van der Waals surface area (Å²) in [7, 11) is 1.68. The molecule has 2 aromatic heterocycles. The van der Waals surface area contributed by atoms with Crippen molar-refractivity contribution >= 4 is 11.0 Å². The smallest absolute Gasteiger partial charge is 0.280 e. The Hall–Kier alpha value is -2.74. The molecule has 0 aliphatic rings. The number of aryl methyl sites for hydroxylation is 1. The lowest BCUT2D eigenvalue weighted by Crippen LogP contribution is -2.32. The summed E-state index contributed by atoms with van der Waals surface area (Å²) in [5, 5.41) is 22.1. The van der Waals surface area contributed by atoms with Crippen LogP contribution in [-0.4, -0.2) is 42.6 Å². The van der Waals surface area contributed by atoms with E-state index in [9.17, 15) is 9.90 Å². The van der Waals surface area contributed by atoms with Gasteiger partial charge in [0.1, 0.15) is 23.8 Å². The maximum atomic E-state index is 12.2. The quantitative estimate of drug-likeness (QED) is 0.711. The average molecular weight is 301 g/mol. The van der Waals surface area contributed by atoms with Crippen LogP contribution in [-0.2, 0) is 13.6 Å². The van der Waals surface area contributed by atoms with Crippen LogP contribution in [0.4, 0.5) is 0 Å². The van der Waals surface area contributed by atoms with Crippen LogP contribution >= 0.6 is 0 Å². The van der Waals surface area contributed by atoms with Gasteiger partial charge in [-0.2, -0.15) is 5.10 Å². The number of para-hydroxylation sites is 1. The summed E-state index contributed by atoms with van der Waals surface area (Å²) < 4.78 is 8.03. The third-order valence-electron chi connectivity index (χ3n) is 3.19. The van der Waals surface area contributed by atoms with Crippen LogP contribution in [0.2, 0.25) is 0 Å². The van der Waals surface area contributed by atoms with Crippen molar-refractivity contribution in [3.8, 4) is 5.75 Å². The molecule has 22 heavy (non-hydrogen) atoms. The maximum Gasteiger partial charge on any atom is 0.280 e. The van der Waals surface area contributed by atoms with Crippen LogP contribution < -0.4 is 10.3 Å². The third kappa shape index (κ3) is 2.82. The number of ether oxygens (including phenoxy) is 1. The van der Waals surface area contributed by atoms with Crippen LogP contribution in [0, 0.1) is 0 Å². The fraction of sp³-hybridized carbons (Fsp3) is 0.286. The topological polar surface area (TPSA) is 95.1 Å². The molecule has 3 aromatic rings. The fourth-order valence-corrected chi connectivity index (χ4v) is 2.06. The third-order valence-corrected chi connectivity index (χ3v) is 3.19. The van der Waals surface area contributed by atoms with Gasteiger partial charge in [0.05, 0.1) is 12.7 Å². The van der Waals surface area contributed by atoms with Crippen LogP contribution in [0.15, 0.2) is 41.3 Å². The lowest BCUT2D eigenvalue weighted by Gasteiger charge is -2.12. The molecule has 0 aliphatic carbocycles. The Bertz CT molecular complexity index is 827. The minimum atomic E-state index is -0.874. The van der Waals surface area contributed by atoms with E-state index < -0.39 is 6.10 Å². The van der Waals surface area contributed by atoms with Crippen LogP contribution in [0.1, 0.15) is 0 Å². The predicted octanol–water partition coefficient (Wildman–Crippen LogP) is -0.0351. The van der Waals surface area contributed by atoms with Gasteiger partial charge in [0, 0.05) is 7.05 Å². The van der Waals surface area contributed by atoms with Gasteiger partial charge in [0.25, 0.3) is 5.56 Å². The standard InChI is InChI=1S/C14H15N5O3/c1-18-13-12(7-15-18)14(21)19(17-16-13)8-10(20)9-22-11-5-3-2-4-6-11/h2-7,10,20H,8-9H2,1H3/t10-/m0/s1. The molecule has 114 valence electrons. The molecule has 0 saturated carbocycles. The van der Waals surface area contributed by atoms with Gasteiger partial charge in [-0.3, -0.25) is 4.79 Å². The Morgan fingerprint density at radius 3 is 2.86 bits per heavy atom. The van der Waals surface area contributed by atoms with Gasteiger partial charge < -0.3 is 9.84 Å². The molecule has 0 fully saturated rings. The van der Waals surface area contributed by atoms with Crippen LogP contribution in [0.5, 0.6) is 5.75 Å². The number of nitrogens with zero attached hydrogens (tertiary/aromatic N) is 5. The second-order valence-electron chi connectivity index (χ2n) is 4.86. The fourth-order valence-electron chi connectivity index (χ4n) is 2.06. The molecule has 0 amide bonds. The second-order valence-corrected chi connectivity index (χ2v) is 4.86. The van der Waals surface area contributed by atoms with Crippen molar-refractivity contribution in [2.75, 3.05) is 6.61 Å². The number of aromatic nitrogens is 5. The minimum Gasteiger partial charge on any atom is -0.491 e. The van der Waals surface area contributed by atoms with Gasteiger partial charge in [-0.25, -0.2) is 9.36 Å². The van der Waals surface area contributed by atoms with Crippen molar-refractivity contribution in [2.24, 2.45) is 7.05 Å². The molecule has 8 nitrogen and oxygen atoms in total. The Morgan fingerprint density at radius 2 is 2.09 bits per heavy atom. The molecule has 0 radical (unpaired) electrons. The van der Waals surface area contributed by atoms with Gasteiger partial charge in [-0.15, -0.1) is 5.10 Å². The van der Waals surface area contributed by atoms with Crippen molar-refractivity contribution in [1.82, 2.24) is 24.8 Å². The van der Waals surface area contributed by atoms with Crippen molar-refractivity contribution in [3.63, 3.8) is 0 Å². The van der Waals surface area contributed by atoms with Crippen molar-refractivity contribution in [2.45, 2.75) is 12.6 Å². The molecule has 1 N–H and O–H groups in total. The predicted molar refractivity (Wildman–Crippen MR) is 78.5 cm³/mol. The van der Waals surface area contributed by atoms with E-state index in [1.165, 1.54) is 10.9 Å². The molecule has 8 heteroatoms. The van der Waals surface area contributed by atoms with E-state index in [-0.39, 0.29) is 18.7 Å². The summed E-state index contributed by atoms with van der Waals surface area (Å²) in [6.45, 7) is 0.0622. The number of aliphatic hydroxyl groups is 1. The number of fused-ring (bicyclic) bond motifs is 1. The van der Waals surface area contributed by atoms with E-state index in [0.717, 1.165) is 4.68 Å². The molecular weight excluding hydrogens is 286 g/mol. The van der Waals surface area contributed by atoms with Crippen molar-refractivity contribution < 1.29 is 9.84 Å². The second kappa shape index (κ2) is 5.94. The molecular formula is C14H15N5O3. The summed E-state index contributed by atoms with van der Waals surface area (Å²) in [6.07, 6.45) is 0.566. The average Bonchev–Trinajstić information content (AvgIpc) is 2.91. The Labute approximate surface area is 125 Å². The SMILES string of the molecule is Cn1ncc2c(=O)n(C[C@H](O)COc3ccccc3)nnc21. The van der Waals surface area contributed by atoms with Crippen LogP contribution in [0.25, 0.3) is 11.0 Å². The highest BCUT2D eigenvalue weighted by Gasteiger charge is 2.13. The number of benzene rings is 1. The molecule has 1 aromatic carbocycles. The zero-order valence-electron chi connectivity index (χ0n) is 12.0. The van der Waals surface area contributed by atoms with E-state index in [1.54, 1.807) is 19.2 Å². The Morgan fingerprint density at radius 1 is 1.32 bits per heavy atom. The summed E-state index contributed by atoms with van der Waals surface area (Å²) in [6, 6.07) is 9.14. The summed E-state index contributed by atoms with van der Waals surface area (Å²) in [4.78, 5) is 12.2. The zero-order chi connectivity index (χ0) is 15.5. The zero-order valence-corrected chi connectivity index (χ0v) is 12.0. The van der Waals surface area contributed by atoms with Gasteiger partial charge >= 0.3 is 0 Å². The number of hydrogen-bond acceptors (Lipinski definition) is 6. The molecule has 0 unspecified atom stereocenters. The minimum absolute atomic E-state index is 0.00347. The van der Waals surface area contributed by atoms with E-state index in [2.05, 4.69) is 15.4 Å². The summed E-state index contributed by atoms with van der Waals surface area (Å²) in [5.41, 5.74) is 0.0770. The summed E-state index contributed by atoms with van der Waals surface area (Å²) >= 11 is 0. The highest BCUT2D eigenvalue weighted by atomic mass is 16.5. The Kier molecular flexibility index (Phi) is 3.84. The monoisotopic (exact) mass is 301 g/mol. The lowest BCUT2D eigenvalue weighted by atomic mass is 10.3. The molecule has 0 spiro atoms. The van der Waals surface area contributed by atoms with Crippen molar-refractivity contribution in [3.05, 3.63) is 46.9 Å². The molecule has 0 saturated heterocycles. The highest BCUT2D eigenvalue weighted by Crippen LogP contribution is 2.08. The normalized spacial score (nSPS) is 12.5. The Balaban J connectivity index is 1.70. The van der Waals surface area contributed by atoms with Crippen LogP contribution in [0.3, 0.4) is 0 Å². The molecule has 2 heterocycles. The van der Waals surface area contributed by atoms with Gasteiger partial charge in [-0.05, 0) is 12.1 Å². The first-order valence-electron chi connectivity index (χ1n) is 6.76. The lowest BCUT2D eigenvalue weighted by molar-refractivity contribution is 0.0873.